The summed E-state index contributed by atoms with van der Waals surface area (Å²) in [4.78, 5) is 1.87. The first kappa shape index (κ1) is 26.1. The fraction of sp³-hybridized carbons (Fsp3) is 0.286. The summed E-state index contributed by atoms with van der Waals surface area (Å²) in [6.45, 7) is 3.13. The second kappa shape index (κ2) is 11.1. The molecule has 0 aliphatic rings. The van der Waals surface area contributed by atoms with Crippen LogP contribution >= 0.6 is 58.6 Å². The number of thiocarbonyl (C=S) groups is 1. The first-order valence-electron chi connectivity index (χ1n) is 9.10. The highest BCUT2D eigenvalue weighted by Crippen LogP contribution is 2.41. The molecule has 0 saturated heterocycles. The zero-order chi connectivity index (χ0) is 23.3. The van der Waals surface area contributed by atoms with Gasteiger partial charge in [0.15, 0.2) is 5.11 Å². The van der Waals surface area contributed by atoms with Crippen LogP contribution in [0.2, 0.25) is 20.1 Å². The van der Waals surface area contributed by atoms with Gasteiger partial charge < -0.3 is 10.2 Å². The number of allylic oxidation sites excluding steroid dienone is 1. The van der Waals surface area contributed by atoms with Crippen molar-refractivity contribution in [2.75, 3.05) is 13.6 Å². The SMILES string of the molecule is CCN(C)C(=S)NCc1ccc(/C=C/C(c2cc(Cl)c(Cl)c(Cl)c2)C(F)(F)F)cc1Cl. The van der Waals surface area contributed by atoms with Crippen LogP contribution in [0.25, 0.3) is 6.08 Å². The summed E-state index contributed by atoms with van der Waals surface area (Å²) in [7, 11) is 1.86. The third kappa shape index (κ3) is 7.16. The highest BCUT2D eigenvalue weighted by Gasteiger charge is 2.39. The molecule has 0 heterocycles. The molecule has 0 saturated carbocycles. The Bertz CT molecular complexity index is 957. The molecule has 0 bridgehead atoms. The van der Waals surface area contributed by atoms with E-state index in [9.17, 15) is 13.2 Å². The Hall–Kier alpha value is -1.18. The molecule has 10 heteroatoms. The standard InChI is InChI=1S/C21H19Cl4F3N2S/c1-3-30(2)20(31)29-11-13-6-4-12(8-16(13)22)5-7-15(21(26,27)28)14-9-17(23)19(25)18(24)10-14/h4-10,15H,3,11H2,1-2H3,(H,29,31)/b7-5+. The largest absolute Gasteiger partial charge is 0.399 e. The number of halogens is 7. The van der Waals surface area contributed by atoms with Gasteiger partial charge in [-0.3, -0.25) is 0 Å². The first-order valence-corrected chi connectivity index (χ1v) is 11.0. The van der Waals surface area contributed by atoms with Crippen LogP contribution in [0.3, 0.4) is 0 Å². The quantitative estimate of drug-likeness (QED) is 0.301. The summed E-state index contributed by atoms with van der Waals surface area (Å²) in [5.74, 6) is -1.91. The molecule has 2 aromatic rings. The molecule has 31 heavy (non-hydrogen) atoms. The highest BCUT2D eigenvalue weighted by molar-refractivity contribution is 7.80. The third-order valence-corrected chi connectivity index (χ3v) is 6.53. The van der Waals surface area contributed by atoms with E-state index in [1.54, 1.807) is 18.2 Å². The molecule has 0 spiro atoms. The van der Waals surface area contributed by atoms with Crippen molar-refractivity contribution in [3.05, 3.63) is 73.2 Å². The highest BCUT2D eigenvalue weighted by atomic mass is 35.5. The Labute approximate surface area is 204 Å². The summed E-state index contributed by atoms with van der Waals surface area (Å²) in [5, 5.41) is 4.01. The molecule has 0 aliphatic carbocycles. The predicted octanol–water partition coefficient (Wildman–Crippen LogP) is 7.99. The molecule has 1 N–H and O–H groups in total. The van der Waals surface area contributed by atoms with Crippen LogP contribution in [0.4, 0.5) is 13.2 Å². The molecule has 168 valence electrons. The van der Waals surface area contributed by atoms with Crippen molar-refractivity contribution in [1.29, 1.82) is 0 Å². The first-order chi connectivity index (χ1) is 14.4. The van der Waals surface area contributed by atoms with Gasteiger partial charge in [0.05, 0.1) is 21.0 Å². The summed E-state index contributed by atoms with van der Waals surface area (Å²) in [6, 6.07) is 7.34. The molecule has 0 radical (unpaired) electrons. The Kier molecular flexibility index (Phi) is 9.34. The van der Waals surface area contributed by atoms with Crippen LogP contribution in [0.1, 0.15) is 29.5 Å². The van der Waals surface area contributed by atoms with E-state index in [4.69, 9.17) is 58.6 Å². The Morgan fingerprint density at radius 2 is 1.71 bits per heavy atom. The minimum Gasteiger partial charge on any atom is -0.358 e. The molecule has 2 nitrogen and oxygen atoms in total. The van der Waals surface area contributed by atoms with Gasteiger partial charge in [-0.1, -0.05) is 70.7 Å². The lowest BCUT2D eigenvalue weighted by molar-refractivity contribution is -0.139. The van der Waals surface area contributed by atoms with E-state index in [0.717, 1.165) is 30.3 Å². The second-order valence-corrected chi connectivity index (χ2v) is 8.69. The van der Waals surface area contributed by atoms with E-state index in [-0.39, 0.29) is 20.6 Å². The number of alkyl halides is 3. The van der Waals surface area contributed by atoms with Crippen molar-refractivity contribution in [3.63, 3.8) is 0 Å². The molecule has 0 aromatic heterocycles. The van der Waals surface area contributed by atoms with Crippen LogP contribution in [0.5, 0.6) is 0 Å². The molecular formula is C21H19Cl4F3N2S. The van der Waals surface area contributed by atoms with Crippen molar-refractivity contribution in [2.45, 2.75) is 25.6 Å². The number of rotatable bonds is 6. The summed E-state index contributed by atoms with van der Waals surface area (Å²) in [6.07, 6.45) is -2.16. The van der Waals surface area contributed by atoms with E-state index in [1.807, 2.05) is 18.9 Å². The topological polar surface area (TPSA) is 15.3 Å². The average Bonchev–Trinajstić information content (AvgIpc) is 2.69. The van der Waals surface area contributed by atoms with Crippen molar-refractivity contribution < 1.29 is 13.2 Å². The summed E-state index contributed by atoms with van der Waals surface area (Å²) >= 11 is 29.2. The van der Waals surface area contributed by atoms with E-state index in [0.29, 0.717) is 22.2 Å². The molecule has 1 unspecified atom stereocenters. The van der Waals surface area contributed by atoms with Gasteiger partial charge in [0.1, 0.15) is 0 Å². The Balaban J connectivity index is 2.23. The Morgan fingerprint density at radius 1 is 1.10 bits per heavy atom. The maximum absolute atomic E-state index is 13.7. The van der Waals surface area contributed by atoms with Gasteiger partial charge in [-0.2, -0.15) is 13.2 Å². The van der Waals surface area contributed by atoms with Crippen molar-refractivity contribution in [2.24, 2.45) is 0 Å². The zero-order valence-electron chi connectivity index (χ0n) is 16.5. The lowest BCUT2D eigenvalue weighted by Gasteiger charge is -2.19. The molecule has 1 atom stereocenters. The fourth-order valence-corrected chi connectivity index (χ4v) is 3.70. The lowest BCUT2D eigenvalue weighted by atomic mass is 9.97. The van der Waals surface area contributed by atoms with Crippen molar-refractivity contribution in [1.82, 2.24) is 10.2 Å². The summed E-state index contributed by atoms with van der Waals surface area (Å²) in [5.41, 5.74) is 1.18. The molecule has 0 amide bonds. The summed E-state index contributed by atoms with van der Waals surface area (Å²) < 4.78 is 41.0. The van der Waals surface area contributed by atoms with Crippen molar-refractivity contribution >= 4 is 69.8 Å². The minimum absolute atomic E-state index is 0.0116. The van der Waals surface area contributed by atoms with Gasteiger partial charge in [0.25, 0.3) is 0 Å². The van der Waals surface area contributed by atoms with Crippen LogP contribution < -0.4 is 5.32 Å². The molecule has 0 fully saturated rings. The minimum atomic E-state index is -4.55. The normalized spacial score (nSPS) is 12.8. The fourth-order valence-electron chi connectivity index (χ4n) is 2.63. The van der Waals surface area contributed by atoms with Gasteiger partial charge in [-0.25, -0.2) is 0 Å². The average molecular weight is 530 g/mol. The molecule has 0 aliphatic heterocycles. The van der Waals surface area contributed by atoms with Gasteiger partial charge in [0.2, 0.25) is 0 Å². The number of benzene rings is 2. The number of hydrogen-bond acceptors (Lipinski definition) is 1. The van der Waals surface area contributed by atoms with Gasteiger partial charge >= 0.3 is 6.18 Å². The monoisotopic (exact) mass is 528 g/mol. The predicted molar refractivity (Wildman–Crippen MR) is 128 cm³/mol. The van der Waals surface area contributed by atoms with Crippen LogP contribution in [0.15, 0.2) is 36.4 Å². The molecule has 2 aromatic carbocycles. The van der Waals surface area contributed by atoms with Crippen LogP contribution in [-0.4, -0.2) is 29.8 Å². The third-order valence-electron chi connectivity index (χ3n) is 4.53. The lowest BCUT2D eigenvalue weighted by Crippen LogP contribution is -2.36. The van der Waals surface area contributed by atoms with Gasteiger partial charge in [0, 0.05) is 25.2 Å². The van der Waals surface area contributed by atoms with Crippen molar-refractivity contribution in [3.8, 4) is 0 Å². The zero-order valence-corrected chi connectivity index (χ0v) is 20.4. The van der Waals surface area contributed by atoms with Gasteiger partial charge in [-0.15, -0.1) is 0 Å². The van der Waals surface area contributed by atoms with Crippen LogP contribution in [-0.2, 0) is 6.54 Å². The van der Waals surface area contributed by atoms with E-state index in [2.05, 4.69) is 5.32 Å². The van der Waals surface area contributed by atoms with Gasteiger partial charge in [-0.05, 0) is 54.0 Å². The number of hydrogen-bond donors (Lipinski definition) is 1. The Morgan fingerprint density at radius 3 is 2.23 bits per heavy atom. The molecule has 2 rings (SSSR count). The number of nitrogens with one attached hydrogen (secondary N) is 1. The van der Waals surface area contributed by atoms with E-state index < -0.39 is 12.1 Å². The smallest absolute Gasteiger partial charge is 0.358 e. The van der Waals surface area contributed by atoms with Crippen LogP contribution in [0, 0.1) is 0 Å². The molecular weight excluding hydrogens is 511 g/mol. The second-order valence-electron chi connectivity index (χ2n) is 6.70. The maximum atomic E-state index is 13.7. The van der Waals surface area contributed by atoms with E-state index in [1.165, 1.54) is 6.08 Å². The maximum Gasteiger partial charge on any atom is 0.399 e. The number of nitrogens with zero attached hydrogens (tertiary/aromatic N) is 1. The van der Waals surface area contributed by atoms with E-state index >= 15 is 0 Å².